The summed E-state index contributed by atoms with van der Waals surface area (Å²) in [4.78, 5) is 28.1. The summed E-state index contributed by atoms with van der Waals surface area (Å²) in [6.07, 6.45) is -0.208. The lowest BCUT2D eigenvalue weighted by Gasteiger charge is -2.38. The van der Waals surface area contributed by atoms with Crippen LogP contribution < -0.4 is 10.4 Å². The standard InChI is InChI=1S/C21H23ClFN3O4/c1-13-10-25(11-14(2)30-13)21(28)26(17-7-8-19(23)18(22)9-17)12-15-3-5-16(6-4-15)20(27)24-29/h3-9,13-14,29H,10-12H2,1-2H3,(H,24,27). The third-order valence-electron chi connectivity index (χ3n) is 4.79. The van der Waals surface area contributed by atoms with E-state index in [9.17, 15) is 14.0 Å². The molecule has 0 aliphatic carbocycles. The van der Waals surface area contributed by atoms with Crippen molar-refractivity contribution in [1.29, 1.82) is 0 Å². The number of morpholine rings is 1. The van der Waals surface area contributed by atoms with Crippen molar-refractivity contribution in [2.45, 2.75) is 32.6 Å². The molecule has 1 heterocycles. The molecule has 2 aromatic carbocycles. The Morgan fingerprint density at radius 2 is 1.83 bits per heavy atom. The van der Waals surface area contributed by atoms with Crippen LogP contribution in [0.25, 0.3) is 0 Å². The monoisotopic (exact) mass is 435 g/mol. The molecule has 3 amide bonds. The van der Waals surface area contributed by atoms with E-state index >= 15 is 0 Å². The second kappa shape index (κ2) is 9.42. The fourth-order valence-electron chi connectivity index (χ4n) is 3.44. The van der Waals surface area contributed by atoms with E-state index in [2.05, 4.69) is 0 Å². The summed E-state index contributed by atoms with van der Waals surface area (Å²) in [5, 5.41) is 8.67. The van der Waals surface area contributed by atoms with Gasteiger partial charge in [0.05, 0.1) is 23.8 Å². The zero-order valence-electron chi connectivity index (χ0n) is 16.6. The third kappa shape index (κ3) is 5.08. The van der Waals surface area contributed by atoms with E-state index in [4.69, 9.17) is 21.5 Å². The first-order chi connectivity index (χ1) is 14.3. The summed E-state index contributed by atoms with van der Waals surface area (Å²) in [6.45, 7) is 4.86. The predicted molar refractivity (Wildman–Crippen MR) is 110 cm³/mol. The molecule has 0 bridgehead atoms. The molecular weight excluding hydrogens is 413 g/mol. The molecule has 1 saturated heterocycles. The lowest BCUT2D eigenvalue weighted by molar-refractivity contribution is -0.0537. The molecule has 3 rings (SSSR count). The minimum Gasteiger partial charge on any atom is -0.372 e. The van der Waals surface area contributed by atoms with Crippen molar-refractivity contribution in [3.05, 3.63) is 64.4 Å². The Hall–Kier alpha value is -2.68. The van der Waals surface area contributed by atoms with E-state index in [0.717, 1.165) is 5.56 Å². The van der Waals surface area contributed by atoms with Crippen molar-refractivity contribution < 1.29 is 23.9 Å². The first-order valence-electron chi connectivity index (χ1n) is 9.48. The first-order valence-corrected chi connectivity index (χ1v) is 9.86. The number of ether oxygens (including phenoxy) is 1. The molecule has 2 aromatic rings. The average Bonchev–Trinajstić information content (AvgIpc) is 2.72. The smallest absolute Gasteiger partial charge is 0.324 e. The molecular formula is C21H23ClFN3O4. The number of hydrogen-bond acceptors (Lipinski definition) is 4. The van der Waals surface area contributed by atoms with E-state index in [1.54, 1.807) is 34.6 Å². The summed E-state index contributed by atoms with van der Waals surface area (Å²) in [5.74, 6) is -1.20. The van der Waals surface area contributed by atoms with Gasteiger partial charge < -0.3 is 9.64 Å². The van der Waals surface area contributed by atoms with Crippen molar-refractivity contribution in [2.24, 2.45) is 0 Å². The molecule has 0 saturated carbocycles. The average molecular weight is 436 g/mol. The van der Waals surface area contributed by atoms with Crippen molar-refractivity contribution in [2.75, 3.05) is 18.0 Å². The number of carbonyl (C=O) groups excluding carboxylic acids is 2. The van der Waals surface area contributed by atoms with Gasteiger partial charge in [-0.3, -0.25) is 14.9 Å². The number of hydrogen-bond donors (Lipinski definition) is 2. The minimum absolute atomic E-state index is 0.0796. The molecule has 7 nitrogen and oxygen atoms in total. The van der Waals surface area contributed by atoms with Gasteiger partial charge in [0.2, 0.25) is 0 Å². The maximum absolute atomic E-state index is 13.7. The number of anilines is 1. The SMILES string of the molecule is CC1CN(C(=O)N(Cc2ccc(C(=O)NO)cc2)c2ccc(F)c(Cl)c2)CC(C)O1. The van der Waals surface area contributed by atoms with Crippen LogP contribution in [-0.4, -0.2) is 47.3 Å². The van der Waals surface area contributed by atoms with E-state index in [0.29, 0.717) is 18.8 Å². The van der Waals surface area contributed by atoms with Gasteiger partial charge in [-0.25, -0.2) is 14.7 Å². The van der Waals surface area contributed by atoms with Crippen molar-refractivity contribution in [3.8, 4) is 0 Å². The highest BCUT2D eigenvalue weighted by molar-refractivity contribution is 6.31. The second-order valence-corrected chi connectivity index (χ2v) is 7.67. The molecule has 2 atom stereocenters. The van der Waals surface area contributed by atoms with Gasteiger partial charge in [-0.05, 0) is 49.7 Å². The summed E-state index contributed by atoms with van der Waals surface area (Å²) >= 11 is 5.95. The number of nitrogens with zero attached hydrogens (tertiary/aromatic N) is 2. The van der Waals surface area contributed by atoms with Crippen LogP contribution in [0.4, 0.5) is 14.9 Å². The Morgan fingerprint density at radius 3 is 2.40 bits per heavy atom. The van der Waals surface area contributed by atoms with Gasteiger partial charge in [0, 0.05) is 24.3 Å². The quantitative estimate of drug-likeness (QED) is 0.564. The van der Waals surface area contributed by atoms with Crippen molar-refractivity contribution >= 4 is 29.2 Å². The molecule has 1 aliphatic heterocycles. The number of urea groups is 1. The summed E-state index contributed by atoms with van der Waals surface area (Å²) in [7, 11) is 0. The van der Waals surface area contributed by atoms with Gasteiger partial charge in [-0.15, -0.1) is 0 Å². The second-order valence-electron chi connectivity index (χ2n) is 7.27. The lowest BCUT2D eigenvalue weighted by Crippen LogP contribution is -2.52. The van der Waals surface area contributed by atoms with Gasteiger partial charge in [-0.1, -0.05) is 23.7 Å². The highest BCUT2D eigenvalue weighted by atomic mass is 35.5. The fourth-order valence-corrected chi connectivity index (χ4v) is 3.61. The number of amides is 3. The Kier molecular flexibility index (Phi) is 6.91. The zero-order chi connectivity index (χ0) is 21.8. The highest BCUT2D eigenvalue weighted by Crippen LogP contribution is 2.26. The van der Waals surface area contributed by atoms with Crippen molar-refractivity contribution in [3.63, 3.8) is 0 Å². The Morgan fingerprint density at radius 1 is 1.20 bits per heavy atom. The Balaban J connectivity index is 1.90. The Labute approximate surface area is 178 Å². The fraction of sp³-hybridized carbons (Fsp3) is 0.333. The molecule has 9 heteroatoms. The summed E-state index contributed by atoms with van der Waals surface area (Å²) < 4.78 is 19.4. The van der Waals surface area contributed by atoms with Crippen LogP contribution >= 0.6 is 11.6 Å². The minimum atomic E-state index is -0.629. The first kappa shape index (κ1) is 22.0. The third-order valence-corrected chi connectivity index (χ3v) is 5.08. The number of benzene rings is 2. The Bertz CT molecular complexity index is 915. The predicted octanol–water partition coefficient (Wildman–Crippen LogP) is 3.83. The van der Waals surface area contributed by atoms with Crippen molar-refractivity contribution in [1.82, 2.24) is 10.4 Å². The van der Waals surface area contributed by atoms with E-state index < -0.39 is 11.7 Å². The molecule has 2 unspecified atom stereocenters. The zero-order valence-corrected chi connectivity index (χ0v) is 17.4. The highest BCUT2D eigenvalue weighted by Gasteiger charge is 2.30. The van der Waals surface area contributed by atoms with E-state index in [-0.39, 0.29) is 35.4 Å². The van der Waals surface area contributed by atoms with Crippen LogP contribution in [0.2, 0.25) is 5.02 Å². The summed E-state index contributed by atoms with van der Waals surface area (Å²) in [6, 6.07) is 10.3. The maximum atomic E-state index is 13.7. The summed E-state index contributed by atoms with van der Waals surface area (Å²) in [5.41, 5.74) is 3.05. The van der Waals surface area contributed by atoms with Crippen LogP contribution in [0, 0.1) is 5.82 Å². The molecule has 160 valence electrons. The van der Waals surface area contributed by atoms with Crippen LogP contribution in [0.15, 0.2) is 42.5 Å². The van der Waals surface area contributed by atoms with Gasteiger partial charge in [-0.2, -0.15) is 0 Å². The van der Waals surface area contributed by atoms with Crippen LogP contribution in [0.5, 0.6) is 0 Å². The molecule has 0 aromatic heterocycles. The topological polar surface area (TPSA) is 82.1 Å². The maximum Gasteiger partial charge on any atom is 0.324 e. The number of hydroxylamine groups is 1. The largest absolute Gasteiger partial charge is 0.372 e. The van der Waals surface area contributed by atoms with Gasteiger partial charge in [0.25, 0.3) is 5.91 Å². The van der Waals surface area contributed by atoms with Gasteiger partial charge in [0.1, 0.15) is 5.82 Å². The number of carbonyl (C=O) groups is 2. The molecule has 30 heavy (non-hydrogen) atoms. The number of halogens is 2. The molecule has 0 spiro atoms. The van der Waals surface area contributed by atoms with E-state index in [1.807, 2.05) is 13.8 Å². The van der Waals surface area contributed by atoms with Gasteiger partial charge in [0.15, 0.2) is 0 Å². The lowest BCUT2D eigenvalue weighted by atomic mass is 10.1. The van der Waals surface area contributed by atoms with Crippen LogP contribution in [0.1, 0.15) is 29.8 Å². The molecule has 0 radical (unpaired) electrons. The molecule has 1 fully saturated rings. The van der Waals surface area contributed by atoms with Gasteiger partial charge >= 0.3 is 6.03 Å². The normalized spacial score (nSPS) is 18.8. The molecule has 1 aliphatic rings. The number of rotatable bonds is 4. The molecule has 2 N–H and O–H groups in total. The van der Waals surface area contributed by atoms with E-state index in [1.165, 1.54) is 23.1 Å². The van der Waals surface area contributed by atoms with Crippen LogP contribution in [-0.2, 0) is 11.3 Å². The van der Waals surface area contributed by atoms with Crippen LogP contribution in [0.3, 0.4) is 0 Å². The number of nitrogens with one attached hydrogen (secondary N) is 1.